The number of anilines is 1. The average molecular weight is 597 g/mol. The van der Waals surface area contributed by atoms with Gasteiger partial charge in [0, 0.05) is 67.7 Å². The quantitative estimate of drug-likeness (QED) is 0.410. The van der Waals surface area contributed by atoms with Gasteiger partial charge in [0.25, 0.3) is 0 Å². The van der Waals surface area contributed by atoms with Crippen LogP contribution in [0.25, 0.3) is 22.2 Å². The SMILES string of the molecule is C=CC(=O)N1CCC(n2nc(N3CCN(C[C@@H]4COCCO4)C[C@]3(C)CC)c(-c3c(Cl)cnc4[nH]ncc34)c2C)CC1. The number of fused-ring (bicyclic) bond motifs is 1. The number of amides is 1. The van der Waals surface area contributed by atoms with E-state index in [1.54, 1.807) is 12.4 Å². The van der Waals surface area contributed by atoms with E-state index >= 15 is 0 Å². The van der Waals surface area contributed by atoms with E-state index in [1.807, 2.05) is 4.90 Å². The maximum absolute atomic E-state index is 12.3. The van der Waals surface area contributed by atoms with Crippen LogP contribution in [0.2, 0.25) is 5.02 Å². The van der Waals surface area contributed by atoms with Crippen LogP contribution in [-0.4, -0.2) is 111 Å². The normalized spacial score (nSPS) is 24.4. The number of ether oxygens (including phenoxy) is 2. The largest absolute Gasteiger partial charge is 0.376 e. The highest BCUT2D eigenvalue weighted by Gasteiger charge is 2.41. The third-order valence-electron chi connectivity index (χ3n) is 9.33. The number of pyridine rings is 1. The molecule has 6 rings (SSSR count). The van der Waals surface area contributed by atoms with E-state index < -0.39 is 0 Å². The summed E-state index contributed by atoms with van der Waals surface area (Å²) in [6.45, 7) is 17.2. The highest BCUT2D eigenvalue weighted by Crippen LogP contribution is 2.45. The molecule has 11 nitrogen and oxygen atoms in total. The number of hydrogen-bond donors (Lipinski definition) is 1. The van der Waals surface area contributed by atoms with Gasteiger partial charge in [0.05, 0.1) is 48.7 Å². The number of H-pyrrole nitrogens is 1. The molecule has 226 valence electrons. The molecule has 3 fully saturated rings. The number of carbonyl (C=O) groups is 1. The molecule has 6 heterocycles. The summed E-state index contributed by atoms with van der Waals surface area (Å²) in [4.78, 5) is 23.6. The first kappa shape index (κ1) is 29.1. The molecule has 0 spiro atoms. The fourth-order valence-electron chi connectivity index (χ4n) is 6.84. The van der Waals surface area contributed by atoms with Crippen molar-refractivity contribution in [3.63, 3.8) is 0 Å². The van der Waals surface area contributed by atoms with Crippen LogP contribution in [0.15, 0.2) is 25.0 Å². The number of piperazine rings is 1. The molecule has 2 atom stereocenters. The van der Waals surface area contributed by atoms with Crippen LogP contribution in [0.3, 0.4) is 0 Å². The molecule has 0 aromatic carbocycles. The smallest absolute Gasteiger partial charge is 0.245 e. The number of aromatic nitrogens is 5. The van der Waals surface area contributed by atoms with Gasteiger partial charge in [-0.05, 0) is 39.2 Å². The van der Waals surface area contributed by atoms with E-state index in [9.17, 15) is 4.79 Å². The average Bonchev–Trinajstić information content (AvgIpc) is 3.62. The second-order valence-electron chi connectivity index (χ2n) is 11.9. The summed E-state index contributed by atoms with van der Waals surface area (Å²) >= 11 is 6.93. The molecule has 0 bridgehead atoms. The van der Waals surface area contributed by atoms with E-state index in [2.05, 4.69) is 57.0 Å². The molecule has 1 amide bonds. The summed E-state index contributed by atoms with van der Waals surface area (Å²) in [6, 6.07) is 0.171. The van der Waals surface area contributed by atoms with E-state index in [4.69, 9.17) is 26.2 Å². The molecular weight excluding hydrogens is 556 g/mol. The van der Waals surface area contributed by atoms with Gasteiger partial charge in [-0.15, -0.1) is 0 Å². The summed E-state index contributed by atoms with van der Waals surface area (Å²) in [5.74, 6) is 0.925. The second-order valence-corrected chi connectivity index (χ2v) is 12.3. The minimum atomic E-state index is -0.164. The maximum atomic E-state index is 12.3. The lowest BCUT2D eigenvalue weighted by Gasteiger charge is -2.50. The van der Waals surface area contributed by atoms with Crippen LogP contribution in [0.4, 0.5) is 5.82 Å². The molecular formula is C30H41ClN8O3. The Morgan fingerprint density at radius 1 is 1.21 bits per heavy atom. The van der Waals surface area contributed by atoms with E-state index in [1.165, 1.54) is 6.08 Å². The Morgan fingerprint density at radius 3 is 2.74 bits per heavy atom. The van der Waals surface area contributed by atoms with Crippen molar-refractivity contribution in [2.45, 2.75) is 57.7 Å². The molecule has 0 saturated carbocycles. The Balaban J connectivity index is 1.39. The van der Waals surface area contributed by atoms with Crippen LogP contribution < -0.4 is 4.90 Å². The molecule has 3 aliphatic rings. The standard InChI is InChI=1S/C30H41ClN8O3/c1-5-25(40)37-9-7-21(8-10-37)39-20(3)26(27-23-15-33-34-28(23)32-16-24(27)31)29(35-39)38-12-11-36(19-30(38,4)6-2)17-22-18-41-13-14-42-22/h5,15-16,21-22H,1,6-14,17-19H2,2-4H3,(H,32,33,34)/t22-,30+/m1/s1. The van der Waals surface area contributed by atoms with Crippen LogP contribution >= 0.6 is 11.6 Å². The maximum Gasteiger partial charge on any atom is 0.245 e. The summed E-state index contributed by atoms with van der Waals surface area (Å²) < 4.78 is 13.8. The number of aromatic amines is 1. The lowest BCUT2D eigenvalue weighted by molar-refractivity contribution is -0.127. The molecule has 12 heteroatoms. The minimum Gasteiger partial charge on any atom is -0.376 e. The first-order valence-corrected chi connectivity index (χ1v) is 15.4. The lowest BCUT2D eigenvalue weighted by Crippen LogP contribution is -2.62. The topological polar surface area (TPSA) is 105 Å². The monoisotopic (exact) mass is 596 g/mol. The summed E-state index contributed by atoms with van der Waals surface area (Å²) in [5, 5.41) is 14.1. The predicted octanol–water partition coefficient (Wildman–Crippen LogP) is 3.84. The van der Waals surface area contributed by atoms with Crippen LogP contribution in [0.1, 0.15) is 44.8 Å². The van der Waals surface area contributed by atoms with Crippen LogP contribution in [-0.2, 0) is 14.3 Å². The van der Waals surface area contributed by atoms with E-state index in [-0.39, 0.29) is 23.6 Å². The lowest BCUT2D eigenvalue weighted by atomic mass is 9.91. The van der Waals surface area contributed by atoms with Gasteiger partial charge in [-0.25, -0.2) is 4.98 Å². The Kier molecular flexibility index (Phi) is 8.28. The van der Waals surface area contributed by atoms with Gasteiger partial charge in [-0.1, -0.05) is 25.1 Å². The predicted molar refractivity (Wildman–Crippen MR) is 163 cm³/mol. The van der Waals surface area contributed by atoms with E-state index in [0.717, 1.165) is 73.5 Å². The van der Waals surface area contributed by atoms with Gasteiger partial charge in [0.15, 0.2) is 11.5 Å². The molecule has 1 N–H and O–H groups in total. The Morgan fingerprint density at radius 2 is 2.02 bits per heavy atom. The van der Waals surface area contributed by atoms with Gasteiger partial charge in [0.2, 0.25) is 5.91 Å². The number of nitrogens with zero attached hydrogens (tertiary/aromatic N) is 7. The number of halogens is 1. The Labute approximate surface area is 251 Å². The van der Waals surface area contributed by atoms with Gasteiger partial charge in [-0.2, -0.15) is 10.2 Å². The number of piperidine rings is 1. The van der Waals surface area contributed by atoms with Crippen molar-refractivity contribution >= 4 is 34.4 Å². The number of nitrogens with one attached hydrogen (secondary N) is 1. The number of rotatable bonds is 7. The highest BCUT2D eigenvalue weighted by atomic mass is 35.5. The van der Waals surface area contributed by atoms with Crippen molar-refractivity contribution < 1.29 is 14.3 Å². The Bertz CT molecular complexity index is 1440. The fraction of sp³-hybridized carbons (Fsp3) is 0.600. The van der Waals surface area contributed by atoms with Gasteiger partial charge in [-0.3, -0.25) is 19.5 Å². The van der Waals surface area contributed by atoms with Crippen LogP contribution in [0.5, 0.6) is 0 Å². The Hall–Kier alpha value is -2.99. The van der Waals surface area contributed by atoms with Gasteiger partial charge < -0.3 is 19.3 Å². The first-order chi connectivity index (χ1) is 20.3. The molecule has 3 saturated heterocycles. The van der Waals surface area contributed by atoms with Crippen molar-refractivity contribution in [2.75, 3.05) is 64.0 Å². The summed E-state index contributed by atoms with van der Waals surface area (Å²) in [6.07, 6.45) is 7.60. The second kappa shape index (κ2) is 11.9. The van der Waals surface area contributed by atoms with Gasteiger partial charge in [0.1, 0.15) is 0 Å². The third-order valence-corrected chi connectivity index (χ3v) is 9.62. The minimum absolute atomic E-state index is 0.0142. The van der Waals surface area contributed by atoms with Crippen molar-refractivity contribution in [1.29, 1.82) is 0 Å². The molecule has 0 aliphatic carbocycles. The molecule has 3 aliphatic heterocycles. The number of hydrogen-bond acceptors (Lipinski definition) is 8. The summed E-state index contributed by atoms with van der Waals surface area (Å²) in [5.41, 5.74) is 3.52. The zero-order valence-corrected chi connectivity index (χ0v) is 25.6. The molecule has 3 aromatic rings. The van der Waals surface area contributed by atoms with Crippen molar-refractivity contribution in [2.24, 2.45) is 0 Å². The fourth-order valence-corrected chi connectivity index (χ4v) is 7.08. The third kappa shape index (κ3) is 5.32. The first-order valence-electron chi connectivity index (χ1n) is 15.0. The van der Waals surface area contributed by atoms with Crippen molar-refractivity contribution in [3.8, 4) is 11.1 Å². The molecule has 0 unspecified atom stereocenters. The number of likely N-dealkylation sites (tertiary alicyclic amines) is 1. The molecule has 42 heavy (non-hydrogen) atoms. The van der Waals surface area contributed by atoms with E-state index in [0.29, 0.717) is 43.6 Å². The number of carbonyl (C=O) groups excluding carboxylic acids is 1. The van der Waals surface area contributed by atoms with Crippen molar-refractivity contribution in [1.82, 2.24) is 34.8 Å². The zero-order chi connectivity index (χ0) is 29.4. The van der Waals surface area contributed by atoms with Gasteiger partial charge >= 0.3 is 0 Å². The van der Waals surface area contributed by atoms with Crippen LogP contribution in [0, 0.1) is 6.92 Å². The summed E-state index contributed by atoms with van der Waals surface area (Å²) in [7, 11) is 0. The molecule has 3 aromatic heterocycles. The molecule has 0 radical (unpaired) electrons. The highest BCUT2D eigenvalue weighted by molar-refractivity contribution is 6.35. The zero-order valence-electron chi connectivity index (χ0n) is 24.8. The van der Waals surface area contributed by atoms with Crippen molar-refractivity contribution in [3.05, 3.63) is 35.8 Å².